The predicted molar refractivity (Wildman–Crippen MR) is 108 cm³/mol. The Morgan fingerprint density at radius 2 is 1.87 bits per heavy atom. The molecular weight excluding hydrogens is 383 g/mol. The number of hydrogen-bond donors (Lipinski definition) is 0. The lowest BCUT2D eigenvalue weighted by molar-refractivity contribution is -0.141. The van der Waals surface area contributed by atoms with Crippen LogP contribution in [0.25, 0.3) is 0 Å². The summed E-state index contributed by atoms with van der Waals surface area (Å²) < 4.78 is 19.6. The van der Waals surface area contributed by atoms with Gasteiger partial charge in [0.25, 0.3) is 0 Å². The van der Waals surface area contributed by atoms with Crippen LogP contribution in [0.15, 0.2) is 60.7 Å². The molecule has 30 heavy (non-hydrogen) atoms. The number of carbonyl (C=O) groups is 2. The van der Waals surface area contributed by atoms with Crippen molar-refractivity contribution in [1.29, 1.82) is 0 Å². The molecule has 6 rings (SSSR count). The summed E-state index contributed by atoms with van der Waals surface area (Å²) in [4.78, 5) is 30.5. The van der Waals surface area contributed by atoms with Crippen LogP contribution in [0.1, 0.15) is 11.1 Å². The molecule has 152 valence electrons. The minimum absolute atomic E-state index is 0.0139. The van der Waals surface area contributed by atoms with E-state index in [0.29, 0.717) is 25.3 Å². The van der Waals surface area contributed by atoms with E-state index in [1.807, 2.05) is 29.2 Å². The van der Waals surface area contributed by atoms with E-state index in [-0.39, 0.29) is 23.7 Å². The van der Waals surface area contributed by atoms with Gasteiger partial charge in [-0.05, 0) is 41.8 Å². The summed E-state index contributed by atoms with van der Waals surface area (Å²) in [7, 11) is 0. The quantitative estimate of drug-likeness (QED) is 0.724. The van der Waals surface area contributed by atoms with Crippen molar-refractivity contribution < 1.29 is 18.7 Å². The minimum Gasteiger partial charge on any atom is -0.360 e. The first-order valence-electron chi connectivity index (χ1n) is 10.4. The van der Waals surface area contributed by atoms with Gasteiger partial charge in [0.15, 0.2) is 0 Å². The molecular formula is C24H21FN2O3. The number of rotatable bonds is 2. The molecule has 2 saturated heterocycles. The number of ether oxygens (including phenoxy) is 1. The summed E-state index contributed by atoms with van der Waals surface area (Å²) in [6, 6.07) is 14.1. The molecule has 2 amide bonds. The molecule has 0 aliphatic carbocycles. The summed E-state index contributed by atoms with van der Waals surface area (Å²) in [6.07, 6.45) is 4.33. The smallest absolute Gasteiger partial charge is 0.234 e. The van der Waals surface area contributed by atoms with Crippen LogP contribution in [-0.2, 0) is 27.3 Å². The number of benzene rings is 2. The molecule has 4 unspecified atom stereocenters. The van der Waals surface area contributed by atoms with Gasteiger partial charge >= 0.3 is 0 Å². The molecule has 4 atom stereocenters. The first-order chi connectivity index (χ1) is 14.6. The molecule has 4 aliphatic rings. The summed E-state index contributed by atoms with van der Waals surface area (Å²) in [5.41, 5.74) is 2.30. The van der Waals surface area contributed by atoms with Crippen molar-refractivity contribution in [1.82, 2.24) is 4.90 Å². The minimum atomic E-state index is -0.774. The zero-order valence-electron chi connectivity index (χ0n) is 16.3. The highest BCUT2D eigenvalue weighted by atomic mass is 19.1. The molecule has 2 aromatic rings. The van der Waals surface area contributed by atoms with Gasteiger partial charge in [-0.15, -0.1) is 0 Å². The zero-order valence-corrected chi connectivity index (χ0v) is 16.3. The molecule has 2 fully saturated rings. The number of anilines is 1. The van der Waals surface area contributed by atoms with E-state index in [9.17, 15) is 14.0 Å². The average Bonchev–Trinajstić information content (AvgIpc) is 3.42. The van der Waals surface area contributed by atoms with Crippen LogP contribution in [0.2, 0.25) is 0 Å². The third-order valence-electron chi connectivity index (χ3n) is 6.97. The maximum Gasteiger partial charge on any atom is 0.234 e. The van der Waals surface area contributed by atoms with E-state index in [4.69, 9.17) is 4.74 Å². The van der Waals surface area contributed by atoms with Crippen LogP contribution in [-0.4, -0.2) is 41.5 Å². The number of hydrogen-bond acceptors (Lipinski definition) is 3. The van der Waals surface area contributed by atoms with Gasteiger partial charge in [0.1, 0.15) is 11.4 Å². The van der Waals surface area contributed by atoms with Crippen molar-refractivity contribution in [3.63, 3.8) is 0 Å². The van der Waals surface area contributed by atoms with Crippen molar-refractivity contribution >= 4 is 17.5 Å². The van der Waals surface area contributed by atoms with Gasteiger partial charge in [-0.2, -0.15) is 0 Å². The fourth-order valence-electron chi connectivity index (χ4n) is 5.51. The number of nitrogens with zero attached hydrogens (tertiary/aromatic N) is 2. The Balaban J connectivity index is 1.30. The summed E-state index contributed by atoms with van der Waals surface area (Å²) in [5.74, 6) is -1.54. The second-order valence-electron chi connectivity index (χ2n) is 8.58. The fourth-order valence-corrected chi connectivity index (χ4v) is 5.51. The van der Waals surface area contributed by atoms with Crippen molar-refractivity contribution in [2.45, 2.75) is 24.7 Å². The van der Waals surface area contributed by atoms with Crippen LogP contribution >= 0.6 is 0 Å². The Kier molecular flexibility index (Phi) is 3.72. The van der Waals surface area contributed by atoms with Gasteiger partial charge in [-0.1, -0.05) is 36.4 Å². The van der Waals surface area contributed by atoms with E-state index in [0.717, 1.165) is 12.0 Å². The average molecular weight is 404 g/mol. The van der Waals surface area contributed by atoms with Crippen molar-refractivity contribution in [3.8, 4) is 0 Å². The van der Waals surface area contributed by atoms with Crippen molar-refractivity contribution in [2.24, 2.45) is 11.8 Å². The highest BCUT2D eigenvalue weighted by Crippen LogP contribution is 2.53. The summed E-state index contributed by atoms with van der Waals surface area (Å²) in [5, 5.41) is 0. The van der Waals surface area contributed by atoms with Crippen LogP contribution in [0.5, 0.6) is 0 Å². The predicted octanol–water partition coefficient (Wildman–Crippen LogP) is 2.70. The molecule has 0 saturated carbocycles. The Hall–Kier alpha value is -2.99. The molecule has 0 N–H and O–H groups in total. The lowest BCUT2D eigenvalue weighted by atomic mass is 9.76. The second kappa shape index (κ2) is 6.25. The van der Waals surface area contributed by atoms with Crippen LogP contribution < -0.4 is 4.90 Å². The van der Waals surface area contributed by atoms with Gasteiger partial charge in [-0.3, -0.25) is 9.59 Å². The number of fused-ring (bicyclic) bond motifs is 2. The molecule has 4 heterocycles. The van der Waals surface area contributed by atoms with Gasteiger partial charge < -0.3 is 14.5 Å². The third-order valence-corrected chi connectivity index (χ3v) is 6.97. The first kappa shape index (κ1) is 17.8. The Morgan fingerprint density at radius 1 is 1.10 bits per heavy atom. The van der Waals surface area contributed by atoms with E-state index >= 15 is 0 Å². The Labute approximate surface area is 173 Å². The molecule has 4 aliphatic heterocycles. The van der Waals surface area contributed by atoms with Gasteiger partial charge in [0.2, 0.25) is 11.8 Å². The Bertz CT molecular complexity index is 1080. The highest BCUT2D eigenvalue weighted by Gasteiger charge is 2.67. The van der Waals surface area contributed by atoms with Crippen LogP contribution in [0.3, 0.4) is 0 Å². The maximum absolute atomic E-state index is 13.6. The SMILES string of the molecule is O=C(C1C2C=CC3(CN(c4ccc(F)cc4)C(=O)C13)O2)N1CCc2ccccc2C1. The van der Waals surface area contributed by atoms with E-state index in [1.165, 1.54) is 17.7 Å². The number of amides is 2. The molecule has 2 aromatic carbocycles. The topological polar surface area (TPSA) is 49.9 Å². The lowest BCUT2D eigenvalue weighted by Gasteiger charge is -2.33. The largest absolute Gasteiger partial charge is 0.360 e. The molecule has 0 aromatic heterocycles. The fraction of sp³-hybridized carbons (Fsp3) is 0.333. The summed E-state index contributed by atoms with van der Waals surface area (Å²) >= 11 is 0. The normalized spacial score (nSPS) is 31.2. The lowest BCUT2D eigenvalue weighted by Crippen LogP contribution is -2.47. The standard InChI is InChI=1S/C24H21FN2O3/c25-17-5-7-18(8-6-17)27-14-24-11-9-19(30-24)20(21(24)23(27)29)22(28)26-12-10-15-3-1-2-4-16(15)13-26/h1-9,11,19-21H,10,12-14H2. The maximum atomic E-state index is 13.6. The summed E-state index contributed by atoms with van der Waals surface area (Å²) in [6.45, 7) is 1.57. The Morgan fingerprint density at radius 3 is 2.67 bits per heavy atom. The molecule has 5 nitrogen and oxygen atoms in total. The van der Waals surface area contributed by atoms with E-state index < -0.39 is 17.4 Å². The van der Waals surface area contributed by atoms with E-state index in [2.05, 4.69) is 12.1 Å². The first-order valence-corrected chi connectivity index (χ1v) is 10.4. The van der Waals surface area contributed by atoms with Gasteiger partial charge in [0, 0.05) is 18.8 Å². The van der Waals surface area contributed by atoms with Gasteiger partial charge in [0.05, 0.1) is 24.5 Å². The molecule has 1 spiro atoms. The molecule has 0 radical (unpaired) electrons. The molecule has 2 bridgehead atoms. The van der Waals surface area contributed by atoms with Crippen molar-refractivity contribution in [3.05, 3.63) is 77.6 Å². The van der Waals surface area contributed by atoms with Crippen molar-refractivity contribution in [2.75, 3.05) is 18.0 Å². The number of carbonyl (C=O) groups excluding carboxylic acids is 2. The van der Waals surface area contributed by atoms with Crippen LogP contribution in [0.4, 0.5) is 10.1 Å². The molecule has 6 heteroatoms. The monoisotopic (exact) mass is 404 g/mol. The second-order valence-corrected chi connectivity index (χ2v) is 8.58. The third kappa shape index (κ3) is 2.43. The van der Waals surface area contributed by atoms with E-state index in [1.54, 1.807) is 17.0 Å². The highest BCUT2D eigenvalue weighted by molar-refractivity contribution is 6.03. The van der Waals surface area contributed by atoms with Gasteiger partial charge in [-0.25, -0.2) is 4.39 Å². The number of halogens is 1. The van der Waals surface area contributed by atoms with Crippen LogP contribution in [0, 0.1) is 17.7 Å². The zero-order chi connectivity index (χ0) is 20.5.